The number of ether oxygens (including phenoxy) is 2. The zero-order chi connectivity index (χ0) is 79.4. The van der Waals surface area contributed by atoms with E-state index in [1.54, 1.807) is 0 Å². The topological polar surface area (TPSA) is 73.1 Å². The number of hydrogen-bond donors (Lipinski definition) is 0. The van der Waals surface area contributed by atoms with Crippen LogP contribution in [0, 0.1) is 0 Å². The normalized spacial score (nSPS) is 15.2. The summed E-state index contributed by atoms with van der Waals surface area (Å²) in [5.41, 5.74) is 25.7. The molecule has 2 atom stereocenters. The first-order valence-corrected chi connectivity index (χ1v) is 43.1. The molecule has 2 spiro atoms. The molecule has 0 radical (unpaired) electrons. The maximum Gasteiger partial charge on any atom is 0.171 e. The van der Waals surface area contributed by atoms with Crippen LogP contribution in [0.2, 0.25) is 0 Å². The number of hydrogen-bond acceptors (Lipinski definition) is 4. The molecule has 0 aliphatic carbocycles. The van der Waals surface area contributed by atoms with Gasteiger partial charge in [0.25, 0.3) is 0 Å². The Kier molecular flexibility index (Phi) is 14.2. The highest BCUT2D eigenvalue weighted by molar-refractivity contribution is 7.85. The fourth-order valence-electron chi connectivity index (χ4n) is 21.5. The summed E-state index contributed by atoms with van der Waals surface area (Å²) >= 11 is 0. The average molecular weight is 1570 g/mol. The number of rotatable bonds is 7. The Bertz CT molecular complexity index is 8340. The molecule has 4 aliphatic heterocycles. The minimum atomic E-state index is -3.17. The van der Waals surface area contributed by atoms with Crippen LogP contribution >= 0.6 is 7.14 Å². The summed E-state index contributed by atoms with van der Waals surface area (Å²) < 4.78 is 42.0. The lowest BCUT2D eigenvalue weighted by molar-refractivity contribution is 0.437. The van der Waals surface area contributed by atoms with Crippen LogP contribution in [0.1, 0.15) is 44.5 Å². The van der Waals surface area contributed by atoms with Crippen LogP contribution in [0.25, 0.3) is 138 Å². The molecule has 10 heteroatoms. The van der Waals surface area contributed by atoms with Gasteiger partial charge in [-0.1, -0.05) is 297 Å². The first-order valence-electron chi connectivity index (χ1n) is 41.4. The van der Waals surface area contributed by atoms with E-state index in [4.69, 9.17) is 14.5 Å². The molecular weight excluding hydrogens is 1500 g/mol. The molecule has 9 heterocycles. The fraction of sp³-hybridized carbons (Fsp3) is 0.0180. The fourth-order valence-corrected chi connectivity index (χ4v) is 24.2. The third-order valence-electron chi connectivity index (χ3n) is 26.4. The molecule has 5 aromatic heterocycles. The molecule has 121 heavy (non-hydrogen) atoms. The van der Waals surface area contributed by atoms with Gasteiger partial charge in [-0.15, -0.1) is 0 Å². The monoisotopic (exact) mass is 1560 g/mol. The van der Waals surface area contributed by atoms with E-state index in [0.29, 0.717) is 0 Å². The van der Waals surface area contributed by atoms with Crippen LogP contribution < -0.4 is 25.4 Å². The van der Waals surface area contributed by atoms with Crippen LogP contribution in [0.3, 0.4) is 0 Å². The van der Waals surface area contributed by atoms with Crippen LogP contribution in [-0.2, 0) is 15.4 Å². The van der Waals surface area contributed by atoms with Gasteiger partial charge in [-0.2, -0.15) is 0 Å². The number of benzene rings is 18. The van der Waals surface area contributed by atoms with Crippen molar-refractivity contribution >= 4 is 121 Å². The summed E-state index contributed by atoms with van der Waals surface area (Å²) in [7, 11) is -3.17. The van der Waals surface area contributed by atoms with E-state index in [1.807, 2.05) is 60.7 Å². The van der Waals surface area contributed by atoms with Gasteiger partial charge in [0.1, 0.15) is 17.3 Å². The minimum absolute atomic E-state index is 0.666. The largest absolute Gasteiger partial charge is 0.454 e. The summed E-state index contributed by atoms with van der Waals surface area (Å²) in [6.07, 6.45) is 0. The van der Waals surface area contributed by atoms with Gasteiger partial charge in [0, 0.05) is 104 Å². The van der Waals surface area contributed by atoms with Crippen molar-refractivity contribution in [2.24, 2.45) is 0 Å². The lowest BCUT2D eigenvalue weighted by Crippen LogP contribution is -2.37. The van der Waals surface area contributed by atoms with Crippen LogP contribution in [0.5, 0.6) is 23.0 Å². The highest BCUT2D eigenvalue weighted by atomic mass is 31.2. The molecule has 2 unspecified atom stereocenters. The van der Waals surface area contributed by atoms with Gasteiger partial charge in [0.05, 0.1) is 77.4 Å². The second-order valence-electron chi connectivity index (χ2n) is 32.2. The molecule has 0 amide bonds. The zero-order valence-electron chi connectivity index (χ0n) is 65.2. The molecule has 566 valence electrons. The first kappa shape index (κ1) is 67.6. The zero-order valence-corrected chi connectivity index (χ0v) is 66.1. The Labute approximate surface area is 695 Å². The van der Waals surface area contributed by atoms with E-state index < -0.39 is 18.0 Å². The maximum absolute atomic E-state index is 15.4. The number of aromatic nitrogens is 6. The summed E-state index contributed by atoms with van der Waals surface area (Å²) in [6, 6.07) is 149. The van der Waals surface area contributed by atoms with Crippen molar-refractivity contribution < 1.29 is 14.0 Å². The molecule has 23 aromatic rings. The van der Waals surface area contributed by atoms with Gasteiger partial charge in [-0.25, -0.2) is 4.98 Å². The highest BCUT2D eigenvalue weighted by Crippen LogP contribution is 2.65. The van der Waals surface area contributed by atoms with E-state index in [9.17, 15) is 0 Å². The molecule has 4 aliphatic rings. The van der Waals surface area contributed by atoms with Gasteiger partial charge in [-0.05, 0) is 144 Å². The standard InChI is InChI=1S/C56H34N4O.C55H35N2O2P/c1-2-15-36(16-3-1)59-50-27-12-8-23-46(50)57-55(59)35-29-31-37(32-30-35)58-47-24-9-4-18-39(47)41-33-34-45-54(53(41)58)61-51-28-13-7-21-43(51)56(45)42-20-6-11-26-49(42)60-48-25-10-5-17-38(48)40-19-14-22-44(56)52(40)60;58-60(37-16-3-1-4-17-37,38-18-5-2-6-19-38)39-32-30-36(31-33-39)56-48-26-11-7-21-41(48)43-34-35-47-54(53(43)56)59-51-29-14-10-24-45(51)55(47)44-23-9-13-28-50(44)57-49-27-12-8-20-40(49)42-22-15-25-46(55)52(42)57/h1-34H;1-35H. The molecular formula is C111H69N6O3P. The van der Waals surface area contributed by atoms with Crippen molar-refractivity contribution in [2.75, 3.05) is 0 Å². The summed E-state index contributed by atoms with van der Waals surface area (Å²) in [6.45, 7) is 0. The third kappa shape index (κ3) is 9.08. The second-order valence-corrected chi connectivity index (χ2v) is 34.9. The SMILES string of the molecule is O=P(c1ccccc1)(c1ccccc1)c1ccc(-n2c3ccccc3c3ccc4c(c32)Oc2ccccc2C42c3ccccc3-n3c4ccccc4c4cccc2c43)cc1.c1ccc(-n2c(-c3ccc(-n4c5ccccc5c5ccc6c(c54)Oc4ccccc4C64c5ccccc5-n5c6ccccc6c6cccc4c65)cc3)nc3ccccc32)cc1. The van der Waals surface area contributed by atoms with E-state index in [2.05, 4.69) is 381 Å². The van der Waals surface area contributed by atoms with Gasteiger partial charge in [0.2, 0.25) is 0 Å². The molecule has 27 rings (SSSR count). The van der Waals surface area contributed by atoms with E-state index >= 15 is 4.57 Å². The van der Waals surface area contributed by atoms with Crippen LogP contribution in [0.15, 0.2) is 419 Å². The van der Waals surface area contributed by atoms with Crippen molar-refractivity contribution in [1.82, 2.24) is 27.8 Å². The van der Waals surface area contributed by atoms with Gasteiger partial charge >= 0.3 is 0 Å². The average Bonchev–Trinajstić information content (AvgIpc) is 1.59. The number of para-hydroxylation sites is 13. The molecule has 0 saturated heterocycles. The minimum Gasteiger partial charge on any atom is -0.454 e. The van der Waals surface area contributed by atoms with Crippen molar-refractivity contribution in [1.29, 1.82) is 0 Å². The highest BCUT2D eigenvalue weighted by Gasteiger charge is 2.53. The Morgan fingerprint density at radius 3 is 1.04 bits per heavy atom. The third-order valence-corrected chi connectivity index (χ3v) is 29.4. The number of fused-ring (bicyclic) bond motifs is 31. The van der Waals surface area contributed by atoms with E-state index in [1.165, 1.54) is 82.6 Å². The lowest BCUT2D eigenvalue weighted by atomic mass is 9.61. The first-order chi connectivity index (χ1) is 60.0. The van der Waals surface area contributed by atoms with Crippen molar-refractivity contribution in [3.05, 3.63) is 463 Å². The van der Waals surface area contributed by atoms with E-state index in [-0.39, 0.29) is 0 Å². The molecule has 0 fully saturated rings. The summed E-state index contributed by atoms with van der Waals surface area (Å²) in [5.74, 6) is 4.32. The summed E-state index contributed by atoms with van der Waals surface area (Å²) in [5, 5.41) is 12.0. The molecule has 0 saturated carbocycles. The molecule has 9 nitrogen and oxygen atoms in total. The predicted molar refractivity (Wildman–Crippen MR) is 494 cm³/mol. The smallest absolute Gasteiger partial charge is 0.171 e. The van der Waals surface area contributed by atoms with Crippen LogP contribution in [-0.4, -0.2) is 27.8 Å². The van der Waals surface area contributed by atoms with E-state index in [0.717, 1.165) is 139 Å². The molecule has 18 aromatic carbocycles. The molecule has 0 N–H and O–H groups in total. The van der Waals surface area contributed by atoms with Crippen molar-refractivity contribution in [3.8, 4) is 62.8 Å². The Morgan fingerprint density at radius 1 is 0.231 bits per heavy atom. The Hall–Kier alpha value is -15.5. The quantitative estimate of drug-likeness (QED) is 0.149. The van der Waals surface area contributed by atoms with Gasteiger partial charge in [-0.3, -0.25) is 4.57 Å². The predicted octanol–water partition coefficient (Wildman–Crippen LogP) is 26.0. The molecule has 0 bridgehead atoms. The van der Waals surface area contributed by atoms with Gasteiger partial charge in [0.15, 0.2) is 18.6 Å². The maximum atomic E-state index is 15.4. The van der Waals surface area contributed by atoms with Crippen molar-refractivity contribution in [3.63, 3.8) is 0 Å². The van der Waals surface area contributed by atoms with Crippen LogP contribution in [0.4, 0.5) is 0 Å². The lowest BCUT2D eigenvalue weighted by Gasteiger charge is -2.45. The number of nitrogens with zero attached hydrogens (tertiary/aromatic N) is 6. The van der Waals surface area contributed by atoms with Crippen molar-refractivity contribution in [2.45, 2.75) is 10.8 Å². The Morgan fingerprint density at radius 2 is 0.570 bits per heavy atom. The second kappa shape index (κ2) is 25.5. The summed E-state index contributed by atoms with van der Waals surface area (Å²) in [4.78, 5) is 5.18. The van der Waals surface area contributed by atoms with Gasteiger partial charge < -0.3 is 32.3 Å². The Balaban J connectivity index is 0.000000131. The number of imidazole rings is 1.